The fraction of sp³-hybridized carbons (Fsp3) is 0.611. The van der Waals surface area contributed by atoms with Crippen molar-refractivity contribution in [3.63, 3.8) is 0 Å². The predicted octanol–water partition coefficient (Wildman–Crippen LogP) is 4.93. The van der Waals surface area contributed by atoms with Crippen LogP contribution < -0.4 is 5.32 Å². The number of amides is 1. The van der Waals surface area contributed by atoms with Crippen LogP contribution in [0.2, 0.25) is 5.02 Å². The van der Waals surface area contributed by atoms with Crippen LogP contribution in [0.4, 0.5) is 14.9 Å². The molecule has 0 radical (unpaired) electrons. The Labute approximate surface area is 148 Å². The molecule has 1 aliphatic heterocycles. The summed E-state index contributed by atoms with van der Waals surface area (Å²) in [6.45, 7) is 9.06. The van der Waals surface area contributed by atoms with Gasteiger partial charge in [0.05, 0.1) is 5.02 Å². The molecular formula is C18H26ClFN2O2. The Balaban J connectivity index is 1.85. The van der Waals surface area contributed by atoms with E-state index in [4.69, 9.17) is 16.3 Å². The molecule has 0 aromatic heterocycles. The Morgan fingerprint density at radius 1 is 1.38 bits per heavy atom. The first-order valence-electron chi connectivity index (χ1n) is 8.35. The van der Waals surface area contributed by atoms with E-state index in [2.05, 4.69) is 12.2 Å². The molecule has 1 aliphatic rings. The van der Waals surface area contributed by atoms with Gasteiger partial charge < -0.3 is 15.0 Å². The molecule has 1 saturated heterocycles. The van der Waals surface area contributed by atoms with E-state index in [1.165, 1.54) is 6.07 Å². The van der Waals surface area contributed by atoms with Crippen LogP contribution in [0.3, 0.4) is 0 Å². The Kier molecular flexibility index (Phi) is 5.97. The first kappa shape index (κ1) is 18.8. The van der Waals surface area contributed by atoms with Crippen molar-refractivity contribution in [1.29, 1.82) is 0 Å². The van der Waals surface area contributed by atoms with E-state index in [1.807, 2.05) is 20.8 Å². The third-order valence-corrected chi connectivity index (χ3v) is 4.52. The van der Waals surface area contributed by atoms with Crippen LogP contribution in [0.25, 0.3) is 0 Å². The largest absolute Gasteiger partial charge is 0.444 e. The number of anilines is 1. The molecule has 2 rings (SSSR count). The number of nitrogens with zero attached hydrogens (tertiary/aromatic N) is 1. The van der Waals surface area contributed by atoms with E-state index in [0.717, 1.165) is 18.5 Å². The molecule has 1 fully saturated rings. The summed E-state index contributed by atoms with van der Waals surface area (Å²) >= 11 is 5.71. The molecule has 0 aliphatic carbocycles. The molecule has 0 saturated carbocycles. The van der Waals surface area contributed by atoms with Gasteiger partial charge in [0, 0.05) is 24.8 Å². The van der Waals surface area contributed by atoms with Crippen LogP contribution in [-0.2, 0) is 4.74 Å². The highest BCUT2D eigenvalue weighted by Crippen LogP contribution is 2.26. The van der Waals surface area contributed by atoms with Crippen molar-refractivity contribution in [2.24, 2.45) is 5.92 Å². The minimum absolute atomic E-state index is 0.124. The maximum atomic E-state index is 13.5. The number of carbonyl (C=O) groups is 1. The Morgan fingerprint density at radius 2 is 2.00 bits per heavy atom. The molecule has 1 N–H and O–H groups in total. The van der Waals surface area contributed by atoms with Gasteiger partial charge in [0.25, 0.3) is 0 Å². The summed E-state index contributed by atoms with van der Waals surface area (Å²) in [5, 5.41) is 3.45. The average Bonchev–Trinajstić information content (AvgIpc) is 2.49. The van der Waals surface area contributed by atoms with Crippen LogP contribution >= 0.6 is 11.6 Å². The monoisotopic (exact) mass is 356 g/mol. The second kappa shape index (κ2) is 7.60. The number of ether oxygens (including phenoxy) is 1. The van der Waals surface area contributed by atoms with Crippen LogP contribution in [0.15, 0.2) is 18.2 Å². The molecule has 134 valence electrons. The molecular weight excluding hydrogens is 331 g/mol. The van der Waals surface area contributed by atoms with Gasteiger partial charge in [-0.15, -0.1) is 0 Å². The second-order valence-electron chi connectivity index (χ2n) is 7.37. The molecule has 1 heterocycles. The number of hydrogen-bond donors (Lipinski definition) is 1. The highest BCUT2D eigenvalue weighted by atomic mass is 35.5. The van der Waals surface area contributed by atoms with Gasteiger partial charge in [-0.3, -0.25) is 0 Å². The van der Waals surface area contributed by atoms with Crippen LogP contribution in [-0.4, -0.2) is 35.7 Å². The van der Waals surface area contributed by atoms with Crippen LogP contribution in [0.5, 0.6) is 0 Å². The Bertz CT molecular complexity index is 581. The Morgan fingerprint density at radius 3 is 2.54 bits per heavy atom. The van der Waals surface area contributed by atoms with Gasteiger partial charge >= 0.3 is 6.09 Å². The molecule has 1 amide bonds. The number of benzene rings is 1. The van der Waals surface area contributed by atoms with E-state index in [-0.39, 0.29) is 17.2 Å². The lowest BCUT2D eigenvalue weighted by atomic mass is 9.90. The van der Waals surface area contributed by atoms with Crippen molar-refractivity contribution in [2.75, 3.05) is 18.4 Å². The fourth-order valence-corrected chi connectivity index (χ4v) is 2.99. The summed E-state index contributed by atoms with van der Waals surface area (Å²) in [5.74, 6) is -0.00367. The number of hydrogen-bond acceptors (Lipinski definition) is 3. The summed E-state index contributed by atoms with van der Waals surface area (Å²) < 4.78 is 18.9. The lowest BCUT2D eigenvalue weighted by Crippen LogP contribution is -2.44. The van der Waals surface area contributed by atoms with Gasteiger partial charge in [-0.2, -0.15) is 0 Å². The molecule has 6 heteroatoms. The minimum atomic E-state index is -0.471. The minimum Gasteiger partial charge on any atom is -0.444 e. The number of carbonyl (C=O) groups excluding carboxylic acids is 1. The van der Waals surface area contributed by atoms with Crippen molar-refractivity contribution >= 4 is 23.4 Å². The highest BCUT2D eigenvalue weighted by Gasteiger charge is 2.29. The second-order valence-corrected chi connectivity index (χ2v) is 7.77. The molecule has 1 atom stereocenters. The quantitative estimate of drug-likeness (QED) is 0.835. The molecule has 0 bridgehead atoms. The number of piperidine rings is 1. The highest BCUT2D eigenvalue weighted by molar-refractivity contribution is 6.30. The van der Waals surface area contributed by atoms with Crippen molar-refractivity contribution in [3.8, 4) is 0 Å². The van der Waals surface area contributed by atoms with E-state index in [1.54, 1.807) is 17.0 Å². The smallest absolute Gasteiger partial charge is 0.410 e. The Hall–Kier alpha value is -1.49. The lowest BCUT2D eigenvalue weighted by Gasteiger charge is -2.36. The summed E-state index contributed by atoms with van der Waals surface area (Å²) in [7, 11) is 0. The molecule has 1 aromatic carbocycles. The first-order chi connectivity index (χ1) is 11.2. The summed E-state index contributed by atoms with van der Waals surface area (Å²) in [6, 6.07) is 4.93. The summed E-state index contributed by atoms with van der Waals surface area (Å²) in [4.78, 5) is 13.8. The normalized spacial score (nSPS) is 17.5. The van der Waals surface area contributed by atoms with E-state index in [0.29, 0.717) is 19.0 Å². The zero-order valence-corrected chi connectivity index (χ0v) is 15.5. The maximum absolute atomic E-state index is 13.5. The maximum Gasteiger partial charge on any atom is 0.410 e. The van der Waals surface area contributed by atoms with Crippen molar-refractivity contribution in [3.05, 3.63) is 29.0 Å². The number of likely N-dealkylation sites (tertiary alicyclic amines) is 1. The number of halogens is 2. The molecule has 4 nitrogen and oxygen atoms in total. The SMILES string of the molecule is CC(Nc1ccc(Cl)c(F)c1)C1CCN(C(=O)OC(C)(C)C)CC1. The zero-order chi connectivity index (χ0) is 17.9. The predicted molar refractivity (Wildman–Crippen MR) is 95.0 cm³/mol. The van der Waals surface area contributed by atoms with Gasteiger partial charge in [-0.1, -0.05) is 11.6 Å². The van der Waals surface area contributed by atoms with Gasteiger partial charge in [0.15, 0.2) is 0 Å². The summed E-state index contributed by atoms with van der Waals surface area (Å²) in [5.41, 5.74) is 0.250. The van der Waals surface area contributed by atoms with Crippen molar-refractivity contribution in [1.82, 2.24) is 4.90 Å². The van der Waals surface area contributed by atoms with Crippen molar-refractivity contribution < 1.29 is 13.9 Å². The lowest BCUT2D eigenvalue weighted by molar-refractivity contribution is 0.0179. The number of rotatable bonds is 3. The van der Waals surface area contributed by atoms with E-state index < -0.39 is 11.4 Å². The van der Waals surface area contributed by atoms with Gasteiger partial charge in [0.1, 0.15) is 11.4 Å². The number of nitrogens with one attached hydrogen (secondary N) is 1. The standard InChI is InChI=1S/C18H26ClFN2O2/c1-12(21-14-5-6-15(19)16(20)11-14)13-7-9-22(10-8-13)17(23)24-18(2,3)4/h5-6,11-13,21H,7-10H2,1-4H3. The molecule has 1 unspecified atom stereocenters. The third kappa shape index (κ3) is 5.26. The van der Waals surface area contributed by atoms with Crippen molar-refractivity contribution in [2.45, 2.75) is 52.2 Å². The van der Waals surface area contributed by atoms with Crippen LogP contribution in [0.1, 0.15) is 40.5 Å². The van der Waals surface area contributed by atoms with Gasteiger partial charge in [-0.25, -0.2) is 9.18 Å². The van der Waals surface area contributed by atoms with E-state index in [9.17, 15) is 9.18 Å². The molecule has 0 spiro atoms. The van der Waals surface area contributed by atoms with Crippen LogP contribution in [0, 0.1) is 11.7 Å². The molecule has 24 heavy (non-hydrogen) atoms. The summed E-state index contributed by atoms with van der Waals surface area (Å²) in [6.07, 6.45) is 1.54. The average molecular weight is 357 g/mol. The third-order valence-electron chi connectivity index (χ3n) is 4.21. The van der Waals surface area contributed by atoms with E-state index >= 15 is 0 Å². The fourth-order valence-electron chi connectivity index (χ4n) is 2.88. The molecule has 1 aromatic rings. The van der Waals surface area contributed by atoms with Gasteiger partial charge in [-0.05, 0) is 64.7 Å². The first-order valence-corrected chi connectivity index (χ1v) is 8.73. The van der Waals surface area contributed by atoms with Gasteiger partial charge in [0.2, 0.25) is 0 Å². The topological polar surface area (TPSA) is 41.6 Å². The zero-order valence-electron chi connectivity index (χ0n) is 14.7.